The highest BCUT2D eigenvalue weighted by Gasteiger charge is 2.32. The summed E-state index contributed by atoms with van der Waals surface area (Å²) in [6, 6.07) is 11.3. The quantitative estimate of drug-likeness (QED) is 0.465. The lowest BCUT2D eigenvalue weighted by molar-refractivity contribution is -0.137. The molecule has 13 heteroatoms. The van der Waals surface area contributed by atoms with Crippen molar-refractivity contribution in [2.45, 2.75) is 11.9 Å². The lowest BCUT2D eigenvalue weighted by Gasteiger charge is -2.13. The molecule has 1 aromatic heterocycles. The second-order valence-corrected chi connectivity index (χ2v) is 9.33. The van der Waals surface area contributed by atoms with E-state index >= 15 is 0 Å². The predicted octanol–water partition coefficient (Wildman–Crippen LogP) is 4.73. The van der Waals surface area contributed by atoms with Crippen LogP contribution in [-0.2, 0) is 26.7 Å². The van der Waals surface area contributed by atoms with Gasteiger partial charge in [0, 0.05) is 6.08 Å². The van der Waals surface area contributed by atoms with Crippen LogP contribution in [0.5, 0.6) is 0 Å². The number of benzene rings is 2. The molecule has 1 amide bonds. The number of amides is 1. The van der Waals surface area contributed by atoms with E-state index in [2.05, 4.69) is 5.10 Å². The minimum Gasteiger partial charge on any atom is -0.269 e. The minimum absolute atomic E-state index is 0.0540. The standard InChI is InChI=1S/C21H13Cl2F3N4O3S/c22-16-8-15(21(24,25)26)9-17(23)20(16)30-18(14(10-27)11-28-30)6-7-19(31)29-34(32,33)12-13-4-2-1-3-5-13/h1-9,11H,12H2,(H,29,31). The third-order valence-electron chi connectivity index (χ3n) is 4.33. The van der Waals surface area contributed by atoms with Gasteiger partial charge >= 0.3 is 6.18 Å². The Morgan fingerprint density at radius 3 is 2.35 bits per heavy atom. The number of hydrogen-bond donors (Lipinski definition) is 1. The maximum atomic E-state index is 13.0. The summed E-state index contributed by atoms with van der Waals surface area (Å²) in [5, 5.41) is 12.4. The fraction of sp³-hybridized carbons (Fsp3) is 0.0952. The zero-order valence-corrected chi connectivity index (χ0v) is 19.2. The molecular formula is C21H13Cl2F3N4O3S. The van der Waals surface area contributed by atoms with Crippen molar-refractivity contribution in [3.05, 3.63) is 87.2 Å². The molecule has 34 heavy (non-hydrogen) atoms. The number of nitrogens with zero attached hydrogens (tertiary/aromatic N) is 3. The van der Waals surface area contributed by atoms with Gasteiger partial charge in [-0.1, -0.05) is 53.5 Å². The van der Waals surface area contributed by atoms with Crippen LogP contribution in [0.3, 0.4) is 0 Å². The van der Waals surface area contributed by atoms with E-state index in [9.17, 15) is 31.6 Å². The minimum atomic E-state index is -4.69. The SMILES string of the molecule is N#Cc1cnn(-c2c(Cl)cc(C(F)(F)F)cc2Cl)c1C=CC(=O)NS(=O)(=O)Cc1ccccc1. The summed E-state index contributed by atoms with van der Waals surface area (Å²) in [5.41, 5.74) is -0.901. The number of carbonyl (C=O) groups is 1. The molecule has 0 saturated carbocycles. The topological polar surface area (TPSA) is 105 Å². The Hall–Kier alpha value is -3.33. The average molecular weight is 529 g/mol. The van der Waals surface area contributed by atoms with Crippen molar-refractivity contribution in [3.63, 3.8) is 0 Å². The van der Waals surface area contributed by atoms with Crippen LogP contribution in [0, 0.1) is 11.3 Å². The zero-order valence-electron chi connectivity index (χ0n) is 16.8. The first-order valence-corrected chi connectivity index (χ1v) is 11.6. The summed E-state index contributed by atoms with van der Waals surface area (Å²) < 4.78 is 66.3. The number of nitriles is 1. The van der Waals surface area contributed by atoms with Crippen LogP contribution in [0.25, 0.3) is 11.8 Å². The number of halogens is 5. The Morgan fingerprint density at radius 2 is 1.79 bits per heavy atom. The molecule has 0 unspecified atom stereocenters. The number of alkyl halides is 3. The van der Waals surface area contributed by atoms with Crippen LogP contribution in [0.4, 0.5) is 13.2 Å². The predicted molar refractivity (Wildman–Crippen MR) is 120 cm³/mol. The van der Waals surface area contributed by atoms with Gasteiger partial charge in [-0.2, -0.15) is 23.5 Å². The molecule has 7 nitrogen and oxygen atoms in total. The van der Waals surface area contributed by atoms with Gasteiger partial charge in [-0.15, -0.1) is 0 Å². The van der Waals surface area contributed by atoms with E-state index in [1.165, 1.54) is 0 Å². The van der Waals surface area contributed by atoms with E-state index in [4.69, 9.17) is 23.2 Å². The van der Waals surface area contributed by atoms with Gasteiger partial charge < -0.3 is 0 Å². The Morgan fingerprint density at radius 1 is 1.18 bits per heavy atom. The maximum Gasteiger partial charge on any atom is 0.416 e. The molecule has 0 aliphatic heterocycles. The molecule has 0 radical (unpaired) electrons. The van der Waals surface area contributed by atoms with Gasteiger partial charge in [0.15, 0.2) is 0 Å². The van der Waals surface area contributed by atoms with E-state index in [0.717, 1.165) is 23.0 Å². The molecule has 0 aliphatic rings. The van der Waals surface area contributed by atoms with Crippen molar-refractivity contribution < 1.29 is 26.4 Å². The smallest absolute Gasteiger partial charge is 0.269 e. The summed E-state index contributed by atoms with van der Waals surface area (Å²) in [5.74, 6) is -1.46. The Kier molecular flexibility index (Phi) is 7.35. The van der Waals surface area contributed by atoms with Gasteiger partial charge in [0.05, 0.1) is 38.8 Å². The highest BCUT2D eigenvalue weighted by atomic mass is 35.5. The second kappa shape index (κ2) is 9.89. The number of hydrogen-bond acceptors (Lipinski definition) is 5. The first kappa shape index (κ1) is 25.3. The molecule has 0 aliphatic carbocycles. The van der Waals surface area contributed by atoms with E-state index in [0.29, 0.717) is 17.7 Å². The van der Waals surface area contributed by atoms with E-state index < -0.39 is 43.5 Å². The molecule has 0 bridgehead atoms. The summed E-state index contributed by atoms with van der Waals surface area (Å²) >= 11 is 12.0. The number of rotatable bonds is 6. The zero-order chi connectivity index (χ0) is 25.1. The van der Waals surface area contributed by atoms with Crippen LogP contribution in [0.1, 0.15) is 22.4 Å². The average Bonchev–Trinajstić information content (AvgIpc) is 3.13. The normalized spacial score (nSPS) is 12.0. The fourth-order valence-corrected chi connectivity index (χ4v) is 4.61. The largest absolute Gasteiger partial charge is 0.416 e. The maximum absolute atomic E-state index is 13.0. The highest BCUT2D eigenvalue weighted by Crippen LogP contribution is 2.38. The van der Waals surface area contributed by atoms with E-state index in [1.54, 1.807) is 30.3 Å². The molecule has 0 fully saturated rings. The van der Waals surface area contributed by atoms with Crippen LogP contribution in [0.15, 0.2) is 54.7 Å². The molecule has 3 rings (SSSR count). The van der Waals surface area contributed by atoms with Gasteiger partial charge in [0.1, 0.15) is 11.8 Å². The molecule has 0 atom stereocenters. The highest BCUT2D eigenvalue weighted by molar-refractivity contribution is 7.89. The summed E-state index contributed by atoms with van der Waals surface area (Å²) in [6.45, 7) is 0. The van der Waals surface area contributed by atoms with E-state index in [-0.39, 0.29) is 16.9 Å². The molecular weight excluding hydrogens is 516 g/mol. The fourth-order valence-electron chi connectivity index (χ4n) is 2.89. The molecule has 1 heterocycles. The Labute approximate surface area is 202 Å². The lowest BCUT2D eigenvalue weighted by Crippen LogP contribution is -2.30. The molecule has 2 aromatic carbocycles. The van der Waals surface area contributed by atoms with Gasteiger partial charge in [0.25, 0.3) is 5.91 Å². The van der Waals surface area contributed by atoms with Crippen LogP contribution in [-0.4, -0.2) is 24.1 Å². The third kappa shape index (κ3) is 5.96. The van der Waals surface area contributed by atoms with Crippen LogP contribution < -0.4 is 4.72 Å². The lowest BCUT2D eigenvalue weighted by atomic mass is 10.2. The van der Waals surface area contributed by atoms with Crippen molar-refractivity contribution in [2.24, 2.45) is 0 Å². The summed E-state index contributed by atoms with van der Waals surface area (Å²) in [6.07, 6.45) is -1.69. The number of carbonyl (C=O) groups excluding carboxylic acids is 1. The first-order chi connectivity index (χ1) is 15.9. The second-order valence-electron chi connectivity index (χ2n) is 6.80. The van der Waals surface area contributed by atoms with Crippen molar-refractivity contribution in [2.75, 3.05) is 0 Å². The van der Waals surface area contributed by atoms with Gasteiger partial charge in [0.2, 0.25) is 10.0 Å². The number of sulfonamides is 1. The molecule has 0 spiro atoms. The molecule has 3 aromatic rings. The van der Waals surface area contributed by atoms with Crippen molar-refractivity contribution in [1.29, 1.82) is 5.26 Å². The first-order valence-electron chi connectivity index (χ1n) is 9.22. The van der Waals surface area contributed by atoms with Crippen molar-refractivity contribution >= 4 is 45.2 Å². The summed E-state index contributed by atoms with van der Waals surface area (Å²) in [4.78, 5) is 12.2. The molecule has 176 valence electrons. The van der Waals surface area contributed by atoms with Crippen LogP contribution >= 0.6 is 23.2 Å². The number of aromatic nitrogens is 2. The van der Waals surface area contributed by atoms with Crippen molar-refractivity contribution in [3.8, 4) is 11.8 Å². The van der Waals surface area contributed by atoms with Gasteiger partial charge in [-0.25, -0.2) is 17.8 Å². The number of nitrogens with one attached hydrogen (secondary N) is 1. The Balaban J connectivity index is 1.90. The van der Waals surface area contributed by atoms with Crippen molar-refractivity contribution in [1.82, 2.24) is 14.5 Å². The van der Waals surface area contributed by atoms with Gasteiger partial charge in [-0.3, -0.25) is 4.79 Å². The van der Waals surface area contributed by atoms with Gasteiger partial charge in [-0.05, 0) is 23.8 Å². The molecule has 1 N–H and O–H groups in total. The third-order valence-corrected chi connectivity index (χ3v) is 6.13. The van der Waals surface area contributed by atoms with Crippen LogP contribution in [0.2, 0.25) is 10.0 Å². The molecule has 0 saturated heterocycles. The summed E-state index contributed by atoms with van der Waals surface area (Å²) in [7, 11) is -4.02. The Bertz CT molecular complexity index is 1390. The van der Waals surface area contributed by atoms with E-state index in [1.807, 2.05) is 10.8 Å². The monoisotopic (exact) mass is 528 g/mol.